The first-order valence-electron chi connectivity index (χ1n) is 4.81. The third-order valence-electron chi connectivity index (χ3n) is 2.83. The van der Waals surface area contributed by atoms with Crippen LogP contribution in [-0.4, -0.2) is 17.3 Å². The molecule has 0 aliphatic heterocycles. The minimum absolute atomic E-state index is 0.147. The summed E-state index contributed by atoms with van der Waals surface area (Å²) in [5.41, 5.74) is 5.84. The third kappa shape index (κ3) is 1.82. The van der Waals surface area contributed by atoms with Crippen LogP contribution in [0.2, 0.25) is 0 Å². The molecule has 3 nitrogen and oxygen atoms in total. The standard InChI is InChI=1S/C11H15NO2/c1-8-6-11(8,12)7-14-10-4-2-3-9(13)5-10/h2-5,8,13H,6-7,12H2,1H3. The minimum Gasteiger partial charge on any atom is -0.508 e. The smallest absolute Gasteiger partial charge is 0.123 e. The Hall–Kier alpha value is -1.22. The van der Waals surface area contributed by atoms with E-state index in [4.69, 9.17) is 10.5 Å². The zero-order valence-corrected chi connectivity index (χ0v) is 8.23. The van der Waals surface area contributed by atoms with Gasteiger partial charge in [0.15, 0.2) is 0 Å². The van der Waals surface area contributed by atoms with Crippen LogP contribution in [0, 0.1) is 5.92 Å². The Morgan fingerprint density at radius 1 is 1.64 bits per heavy atom. The van der Waals surface area contributed by atoms with Crippen molar-refractivity contribution in [3.05, 3.63) is 24.3 Å². The monoisotopic (exact) mass is 193 g/mol. The summed E-state index contributed by atoms with van der Waals surface area (Å²) in [6, 6.07) is 6.78. The molecule has 14 heavy (non-hydrogen) atoms. The van der Waals surface area contributed by atoms with Gasteiger partial charge in [-0.15, -0.1) is 0 Å². The van der Waals surface area contributed by atoms with Gasteiger partial charge in [0.1, 0.15) is 18.1 Å². The van der Waals surface area contributed by atoms with Gasteiger partial charge in [0.25, 0.3) is 0 Å². The lowest BCUT2D eigenvalue weighted by Crippen LogP contribution is -2.32. The van der Waals surface area contributed by atoms with Gasteiger partial charge in [-0.3, -0.25) is 0 Å². The second-order valence-corrected chi connectivity index (χ2v) is 4.12. The Morgan fingerprint density at radius 3 is 2.93 bits per heavy atom. The molecule has 1 aromatic rings. The van der Waals surface area contributed by atoms with Crippen molar-refractivity contribution in [1.82, 2.24) is 0 Å². The van der Waals surface area contributed by atoms with E-state index in [0.717, 1.165) is 6.42 Å². The normalized spacial score (nSPS) is 30.0. The first-order chi connectivity index (χ1) is 6.60. The van der Waals surface area contributed by atoms with E-state index in [0.29, 0.717) is 18.3 Å². The number of aromatic hydroxyl groups is 1. The first-order valence-corrected chi connectivity index (χ1v) is 4.81. The van der Waals surface area contributed by atoms with E-state index in [1.807, 2.05) is 6.07 Å². The Bertz CT molecular complexity index is 340. The maximum absolute atomic E-state index is 9.20. The van der Waals surface area contributed by atoms with Crippen LogP contribution in [0.4, 0.5) is 0 Å². The molecule has 3 heteroatoms. The van der Waals surface area contributed by atoms with Crippen LogP contribution < -0.4 is 10.5 Å². The van der Waals surface area contributed by atoms with Gasteiger partial charge >= 0.3 is 0 Å². The van der Waals surface area contributed by atoms with E-state index in [1.165, 1.54) is 0 Å². The highest BCUT2D eigenvalue weighted by atomic mass is 16.5. The Balaban J connectivity index is 1.92. The lowest BCUT2D eigenvalue weighted by Gasteiger charge is -2.12. The van der Waals surface area contributed by atoms with Crippen LogP contribution in [-0.2, 0) is 0 Å². The van der Waals surface area contributed by atoms with E-state index in [2.05, 4.69) is 6.92 Å². The molecule has 0 amide bonds. The summed E-state index contributed by atoms with van der Waals surface area (Å²) >= 11 is 0. The predicted molar refractivity (Wildman–Crippen MR) is 54.3 cm³/mol. The molecule has 1 aliphatic rings. The Labute approximate surface area is 83.5 Å². The van der Waals surface area contributed by atoms with Gasteiger partial charge < -0.3 is 15.6 Å². The number of hydrogen-bond acceptors (Lipinski definition) is 3. The SMILES string of the molecule is CC1CC1(N)COc1cccc(O)c1. The van der Waals surface area contributed by atoms with Gasteiger partial charge in [-0.05, 0) is 24.5 Å². The molecule has 0 saturated heterocycles. The fourth-order valence-corrected chi connectivity index (χ4v) is 1.50. The molecule has 0 spiro atoms. The van der Waals surface area contributed by atoms with Crippen molar-refractivity contribution >= 4 is 0 Å². The van der Waals surface area contributed by atoms with E-state index >= 15 is 0 Å². The molecule has 0 heterocycles. The quantitative estimate of drug-likeness (QED) is 0.765. The molecule has 1 fully saturated rings. The lowest BCUT2D eigenvalue weighted by atomic mass is 10.2. The van der Waals surface area contributed by atoms with Crippen molar-refractivity contribution in [2.45, 2.75) is 18.9 Å². The summed E-state index contributed by atoms with van der Waals surface area (Å²) in [5.74, 6) is 1.44. The molecule has 0 radical (unpaired) electrons. The van der Waals surface area contributed by atoms with E-state index < -0.39 is 0 Å². The van der Waals surface area contributed by atoms with Crippen LogP contribution in [0.5, 0.6) is 11.5 Å². The molecule has 3 N–H and O–H groups in total. The highest BCUT2D eigenvalue weighted by molar-refractivity contribution is 5.32. The van der Waals surface area contributed by atoms with Crippen LogP contribution in [0.3, 0.4) is 0 Å². The van der Waals surface area contributed by atoms with Crippen molar-refractivity contribution < 1.29 is 9.84 Å². The average molecular weight is 193 g/mol. The average Bonchev–Trinajstić information content (AvgIpc) is 2.72. The van der Waals surface area contributed by atoms with Gasteiger partial charge in [0.05, 0.1) is 5.54 Å². The summed E-state index contributed by atoms with van der Waals surface area (Å²) in [6.45, 7) is 2.64. The van der Waals surface area contributed by atoms with Crippen molar-refractivity contribution in [3.8, 4) is 11.5 Å². The van der Waals surface area contributed by atoms with Gasteiger partial charge in [-0.2, -0.15) is 0 Å². The zero-order valence-electron chi connectivity index (χ0n) is 8.23. The lowest BCUT2D eigenvalue weighted by molar-refractivity contribution is 0.270. The van der Waals surface area contributed by atoms with Gasteiger partial charge in [0, 0.05) is 6.07 Å². The third-order valence-corrected chi connectivity index (χ3v) is 2.83. The van der Waals surface area contributed by atoms with E-state index in [1.54, 1.807) is 18.2 Å². The van der Waals surface area contributed by atoms with Crippen molar-refractivity contribution in [1.29, 1.82) is 0 Å². The number of phenols is 1. The van der Waals surface area contributed by atoms with Crippen LogP contribution in [0.15, 0.2) is 24.3 Å². The first kappa shape index (κ1) is 9.34. The summed E-state index contributed by atoms with van der Waals surface area (Å²) in [7, 11) is 0. The van der Waals surface area contributed by atoms with Crippen molar-refractivity contribution in [3.63, 3.8) is 0 Å². The zero-order chi connectivity index (χ0) is 10.2. The summed E-state index contributed by atoms with van der Waals surface area (Å²) < 4.78 is 5.50. The van der Waals surface area contributed by atoms with Gasteiger partial charge in [-0.25, -0.2) is 0 Å². The fraction of sp³-hybridized carbons (Fsp3) is 0.455. The van der Waals surface area contributed by atoms with Gasteiger partial charge in [-0.1, -0.05) is 13.0 Å². The van der Waals surface area contributed by atoms with Crippen molar-refractivity contribution in [2.24, 2.45) is 11.7 Å². The summed E-state index contributed by atoms with van der Waals surface area (Å²) in [4.78, 5) is 0. The largest absolute Gasteiger partial charge is 0.508 e. The second kappa shape index (κ2) is 3.17. The molecule has 0 aromatic heterocycles. The van der Waals surface area contributed by atoms with Crippen LogP contribution in [0.25, 0.3) is 0 Å². The molecule has 2 rings (SSSR count). The number of benzene rings is 1. The van der Waals surface area contributed by atoms with Crippen LogP contribution >= 0.6 is 0 Å². The van der Waals surface area contributed by atoms with Crippen LogP contribution in [0.1, 0.15) is 13.3 Å². The highest BCUT2D eigenvalue weighted by Gasteiger charge is 2.48. The highest BCUT2D eigenvalue weighted by Crippen LogP contribution is 2.40. The van der Waals surface area contributed by atoms with Gasteiger partial charge in [0.2, 0.25) is 0 Å². The molecular weight excluding hydrogens is 178 g/mol. The topological polar surface area (TPSA) is 55.5 Å². The molecule has 0 bridgehead atoms. The number of ether oxygens (including phenoxy) is 1. The number of rotatable bonds is 3. The summed E-state index contributed by atoms with van der Waals surface area (Å²) in [5, 5.41) is 9.20. The number of phenolic OH excluding ortho intramolecular Hbond substituents is 1. The second-order valence-electron chi connectivity index (χ2n) is 4.12. The predicted octanol–water partition coefficient (Wildman–Crippen LogP) is 1.51. The fourth-order valence-electron chi connectivity index (χ4n) is 1.50. The summed E-state index contributed by atoms with van der Waals surface area (Å²) in [6.07, 6.45) is 1.02. The molecular formula is C11H15NO2. The number of nitrogens with two attached hydrogens (primary N) is 1. The molecule has 76 valence electrons. The minimum atomic E-state index is -0.147. The molecule has 2 atom stereocenters. The van der Waals surface area contributed by atoms with E-state index in [9.17, 15) is 5.11 Å². The molecule has 1 aliphatic carbocycles. The van der Waals surface area contributed by atoms with Crippen molar-refractivity contribution in [2.75, 3.05) is 6.61 Å². The number of hydrogen-bond donors (Lipinski definition) is 2. The van der Waals surface area contributed by atoms with E-state index in [-0.39, 0.29) is 11.3 Å². The Morgan fingerprint density at radius 2 is 2.36 bits per heavy atom. The molecule has 1 aromatic carbocycles. The molecule has 2 unspecified atom stereocenters. The molecule has 1 saturated carbocycles. The Kier molecular flexibility index (Phi) is 2.11. The maximum Gasteiger partial charge on any atom is 0.123 e. The maximum atomic E-state index is 9.20.